The zero-order valence-electron chi connectivity index (χ0n) is 14.2. The average molecular weight is 320 g/mol. The summed E-state index contributed by atoms with van der Waals surface area (Å²) in [7, 11) is 1.55. The molecule has 1 atom stereocenters. The summed E-state index contributed by atoms with van der Waals surface area (Å²) in [6.45, 7) is 7.14. The second-order valence-electron chi connectivity index (χ2n) is 5.79. The highest BCUT2D eigenvalue weighted by atomic mass is 16.6. The van der Waals surface area contributed by atoms with E-state index in [2.05, 4.69) is 15.3 Å². The minimum atomic E-state index is -0.614. The smallest absolute Gasteiger partial charge is 0.412 e. The van der Waals surface area contributed by atoms with Gasteiger partial charge in [-0.1, -0.05) is 0 Å². The summed E-state index contributed by atoms with van der Waals surface area (Å²) < 4.78 is 10.5. The van der Waals surface area contributed by atoms with Crippen LogP contribution >= 0.6 is 0 Å². The van der Waals surface area contributed by atoms with E-state index >= 15 is 0 Å². The van der Waals surface area contributed by atoms with Gasteiger partial charge in [-0.2, -0.15) is 0 Å². The van der Waals surface area contributed by atoms with E-state index in [1.807, 2.05) is 0 Å². The second kappa shape index (κ2) is 8.28. The summed E-state index contributed by atoms with van der Waals surface area (Å²) in [5, 5.41) is 2.60. The number of amides is 1. The Hall–Kier alpha value is -2.41. The lowest BCUT2D eigenvalue weighted by molar-refractivity contribution is 0.0548. The van der Waals surface area contributed by atoms with Gasteiger partial charge in [-0.25, -0.2) is 9.79 Å². The number of aliphatic imine (C=N–C) groups is 1. The second-order valence-corrected chi connectivity index (χ2v) is 5.79. The number of alkyl carbamates (subject to hydrolysis) is 1. The van der Waals surface area contributed by atoms with Gasteiger partial charge in [0.05, 0.1) is 29.4 Å². The number of pyridine rings is 1. The van der Waals surface area contributed by atoms with Crippen molar-refractivity contribution in [3.63, 3.8) is 0 Å². The third-order valence-electron chi connectivity index (χ3n) is 2.71. The monoisotopic (exact) mass is 320 g/mol. The topological polar surface area (TPSA) is 98.8 Å². The fourth-order valence-electron chi connectivity index (χ4n) is 1.65. The van der Waals surface area contributed by atoms with Crippen LogP contribution in [0.5, 0.6) is 0 Å². The molecule has 0 aromatic carbocycles. The molecule has 1 aromatic rings. The van der Waals surface area contributed by atoms with Crippen LogP contribution in [0, 0.1) is 0 Å². The molecule has 23 heavy (non-hydrogen) atoms. The van der Waals surface area contributed by atoms with Gasteiger partial charge >= 0.3 is 6.09 Å². The Balaban J connectivity index is 3.05. The Morgan fingerprint density at radius 2 is 2.17 bits per heavy atom. The normalized spacial score (nSPS) is 14.3. The minimum absolute atomic E-state index is 0.317. The van der Waals surface area contributed by atoms with Crippen molar-refractivity contribution < 1.29 is 14.3 Å². The zero-order valence-corrected chi connectivity index (χ0v) is 14.2. The van der Waals surface area contributed by atoms with Gasteiger partial charge in [0.25, 0.3) is 0 Å². The molecular formula is C16H24N4O3. The fraction of sp³-hybridized carbons (Fsp3) is 0.438. The van der Waals surface area contributed by atoms with Crippen molar-refractivity contribution >= 4 is 17.5 Å². The molecule has 3 N–H and O–H groups in total. The van der Waals surface area contributed by atoms with Crippen molar-refractivity contribution in [2.75, 3.05) is 7.11 Å². The maximum atomic E-state index is 12.0. The first-order chi connectivity index (χ1) is 10.8. The van der Waals surface area contributed by atoms with Gasteiger partial charge in [0, 0.05) is 19.5 Å². The van der Waals surface area contributed by atoms with Gasteiger partial charge in [-0.05, 0) is 39.8 Å². The third-order valence-corrected chi connectivity index (χ3v) is 2.71. The molecule has 0 saturated carbocycles. The van der Waals surface area contributed by atoms with Crippen LogP contribution in [-0.2, 0) is 9.47 Å². The molecule has 0 spiro atoms. The first-order valence-electron chi connectivity index (χ1n) is 7.20. The predicted molar refractivity (Wildman–Crippen MR) is 89.4 cm³/mol. The van der Waals surface area contributed by atoms with Crippen molar-refractivity contribution in [1.29, 1.82) is 0 Å². The molecule has 0 radical (unpaired) electrons. The molecule has 1 unspecified atom stereocenters. The lowest BCUT2D eigenvalue weighted by Gasteiger charge is -2.22. The first-order valence-corrected chi connectivity index (χ1v) is 7.20. The highest BCUT2D eigenvalue weighted by molar-refractivity contribution is 6.06. The molecule has 1 aromatic heterocycles. The van der Waals surface area contributed by atoms with Gasteiger partial charge in [0.15, 0.2) is 0 Å². The van der Waals surface area contributed by atoms with Crippen LogP contribution in [0.2, 0.25) is 0 Å². The number of ether oxygens (including phenoxy) is 2. The molecule has 7 nitrogen and oxygen atoms in total. The van der Waals surface area contributed by atoms with Crippen LogP contribution in [0.3, 0.4) is 0 Å². The molecule has 0 aliphatic carbocycles. The maximum Gasteiger partial charge on any atom is 0.412 e. The van der Waals surface area contributed by atoms with Crippen LogP contribution in [0.1, 0.15) is 27.7 Å². The summed E-state index contributed by atoms with van der Waals surface area (Å²) in [5.74, 6) is 0. The van der Waals surface area contributed by atoms with E-state index in [9.17, 15) is 4.79 Å². The molecule has 7 heteroatoms. The number of nitrogens with one attached hydrogen (secondary N) is 1. The number of nitrogens with two attached hydrogens (primary N) is 1. The lowest BCUT2D eigenvalue weighted by atomic mass is 10.1. The Morgan fingerprint density at radius 3 is 2.65 bits per heavy atom. The highest BCUT2D eigenvalue weighted by Crippen LogP contribution is 2.14. The maximum absolute atomic E-state index is 12.0. The van der Waals surface area contributed by atoms with Crippen LogP contribution in [0.4, 0.5) is 10.5 Å². The van der Waals surface area contributed by atoms with Gasteiger partial charge in [-0.3, -0.25) is 10.3 Å². The number of hydrogen-bond donors (Lipinski definition) is 2. The van der Waals surface area contributed by atoms with E-state index in [-0.39, 0.29) is 6.10 Å². The number of nitrogens with zero attached hydrogens (tertiary/aromatic N) is 2. The summed E-state index contributed by atoms with van der Waals surface area (Å²) in [6.07, 6.45) is 3.51. The standard InChI is InChI=1S/C16H24N4O3/c1-11(22-5)14(19-12-7-6-8-18-10-12)13(9-17)20-15(21)23-16(2,3)4/h6-11H,17H2,1-5H3,(H,20,21). The summed E-state index contributed by atoms with van der Waals surface area (Å²) in [6, 6.07) is 3.55. The number of hydrogen-bond acceptors (Lipinski definition) is 6. The Labute approximate surface area is 136 Å². The predicted octanol–water partition coefficient (Wildman–Crippen LogP) is 2.51. The van der Waals surface area contributed by atoms with Crippen LogP contribution in [0.25, 0.3) is 0 Å². The molecule has 1 heterocycles. The highest BCUT2D eigenvalue weighted by Gasteiger charge is 2.21. The van der Waals surface area contributed by atoms with Crippen molar-refractivity contribution in [1.82, 2.24) is 10.3 Å². The van der Waals surface area contributed by atoms with Crippen LogP contribution in [0.15, 0.2) is 41.4 Å². The number of carbonyl (C=O) groups excluding carboxylic acids is 1. The summed E-state index contributed by atoms with van der Waals surface area (Å²) >= 11 is 0. The zero-order chi connectivity index (χ0) is 17.5. The van der Waals surface area contributed by atoms with Crippen LogP contribution < -0.4 is 11.1 Å². The van der Waals surface area contributed by atoms with Gasteiger partial charge in [0.1, 0.15) is 5.60 Å². The third kappa shape index (κ3) is 6.48. The number of aromatic nitrogens is 1. The Morgan fingerprint density at radius 1 is 1.48 bits per heavy atom. The Kier molecular flexibility index (Phi) is 6.71. The minimum Gasteiger partial charge on any atom is -0.444 e. The van der Waals surface area contributed by atoms with Crippen molar-refractivity contribution in [2.24, 2.45) is 10.7 Å². The molecule has 0 saturated heterocycles. The SMILES string of the molecule is COC(C)C(=Nc1cccnc1)C(=CN)NC(=O)OC(C)(C)C. The summed E-state index contributed by atoms with van der Waals surface area (Å²) in [5.41, 5.74) is 6.44. The molecular weight excluding hydrogens is 296 g/mol. The molecule has 1 amide bonds. The van der Waals surface area contributed by atoms with Gasteiger partial charge in [-0.15, -0.1) is 0 Å². The molecule has 126 valence electrons. The van der Waals surface area contributed by atoms with E-state index in [1.165, 1.54) is 6.20 Å². The first kappa shape index (κ1) is 18.6. The summed E-state index contributed by atoms with van der Waals surface area (Å²) in [4.78, 5) is 20.4. The largest absolute Gasteiger partial charge is 0.444 e. The Bertz CT molecular complexity index is 577. The van der Waals surface area contributed by atoms with E-state index in [4.69, 9.17) is 15.2 Å². The van der Waals surface area contributed by atoms with E-state index < -0.39 is 11.7 Å². The van der Waals surface area contributed by atoms with Gasteiger partial charge in [0.2, 0.25) is 0 Å². The van der Waals surface area contributed by atoms with Crippen molar-refractivity contribution in [3.05, 3.63) is 36.4 Å². The molecule has 0 bridgehead atoms. The number of methoxy groups -OCH3 is 1. The van der Waals surface area contributed by atoms with E-state index in [0.29, 0.717) is 17.1 Å². The molecule has 0 aliphatic heterocycles. The molecule has 0 aliphatic rings. The van der Waals surface area contributed by atoms with Crippen molar-refractivity contribution in [3.8, 4) is 0 Å². The van der Waals surface area contributed by atoms with Crippen LogP contribution in [-0.4, -0.2) is 35.6 Å². The van der Waals surface area contributed by atoms with Gasteiger partial charge < -0.3 is 15.2 Å². The average Bonchev–Trinajstić information content (AvgIpc) is 2.49. The number of carbonyl (C=O) groups is 1. The number of rotatable bonds is 5. The van der Waals surface area contributed by atoms with E-state index in [1.54, 1.807) is 59.3 Å². The lowest BCUT2D eigenvalue weighted by Crippen LogP contribution is -2.37. The van der Waals surface area contributed by atoms with E-state index in [0.717, 1.165) is 0 Å². The molecule has 0 fully saturated rings. The van der Waals surface area contributed by atoms with Crippen molar-refractivity contribution in [2.45, 2.75) is 39.4 Å². The fourth-order valence-corrected chi connectivity index (χ4v) is 1.65. The quantitative estimate of drug-likeness (QED) is 0.812. The molecule has 1 rings (SSSR count).